The number of ether oxygens (including phenoxy) is 1. The smallest absolute Gasteiger partial charge is 0.306 e. The maximum Gasteiger partial charge on any atom is 0.306 e. The maximum absolute atomic E-state index is 11.3. The number of hydrogen-bond donors (Lipinski definition) is 2. The number of nitrogens with one attached hydrogen (secondary N) is 1. The lowest BCUT2D eigenvalue weighted by atomic mass is 9.67. The van der Waals surface area contributed by atoms with E-state index in [9.17, 15) is 9.90 Å². The molecule has 0 unspecified atom stereocenters. The topological polar surface area (TPSA) is 58.6 Å². The Morgan fingerprint density at radius 2 is 1.87 bits per heavy atom. The van der Waals surface area contributed by atoms with E-state index in [4.69, 9.17) is 4.74 Å². The van der Waals surface area contributed by atoms with E-state index in [2.05, 4.69) is 53.8 Å². The van der Waals surface area contributed by atoms with Crippen molar-refractivity contribution in [1.29, 1.82) is 0 Å². The molecule has 1 spiro atoms. The van der Waals surface area contributed by atoms with Crippen molar-refractivity contribution in [2.45, 2.75) is 56.8 Å². The average molecular weight is 408 g/mol. The number of hydrogen-bond acceptors (Lipinski definition) is 3. The molecule has 0 atom stereocenters. The molecule has 30 heavy (non-hydrogen) atoms. The zero-order valence-electron chi connectivity index (χ0n) is 17.7. The number of aliphatic carboxylic acids is 1. The van der Waals surface area contributed by atoms with E-state index in [0.29, 0.717) is 6.61 Å². The Morgan fingerprint density at radius 1 is 1.07 bits per heavy atom. The van der Waals surface area contributed by atoms with Crippen molar-refractivity contribution in [3.05, 3.63) is 65.2 Å². The van der Waals surface area contributed by atoms with Gasteiger partial charge in [0, 0.05) is 0 Å². The average Bonchev–Trinajstić information content (AvgIpc) is 3.11. The van der Waals surface area contributed by atoms with Crippen LogP contribution in [-0.4, -0.2) is 30.8 Å². The van der Waals surface area contributed by atoms with Gasteiger partial charge in [-0.15, -0.1) is 0 Å². The second kappa shape index (κ2) is 9.65. The fraction of sp³-hybridized carbons (Fsp3) is 0.500. The van der Waals surface area contributed by atoms with E-state index >= 15 is 0 Å². The highest BCUT2D eigenvalue weighted by Crippen LogP contribution is 2.50. The Hall–Kier alpha value is -2.33. The van der Waals surface area contributed by atoms with E-state index in [-0.39, 0.29) is 11.3 Å². The van der Waals surface area contributed by atoms with Crippen LogP contribution in [0.1, 0.15) is 55.2 Å². The molecule has 2 aromatic carbocycles. The lowest BCUT2D eigenvalue weighted by Crippen LogP contribution is -2.32. The van der Waals surface area contributed by atoms with Crippen LogP contribution < -0.4 is 10.1 Å². The Kier molecular flexibility index (Phi) is 6.73. The fourth-order valence-corrected chi connectivity index (χ4v) is 5.19. The molecule has 4 nitrogen and oxygen atoms in total. The maximum atomic E-state index is 11.3. The summed E-state index contributed by atoms with van der Waals surface area (Å²) < 4.78 is 6.06. The quantitative estimate of drug-likeness (QED) is 0.589. The zero-order valence-corrected chi connectivity index (χ0v) is 17.7. The number of carbonyl (C=O) groups is 1. The zero-order chi connectivity index (χ0) is 20.8. The van der Waals surface area contributed by atoms with Crippen LogP contribution >= 0.6 is 0 Å². The van der Waals surface area contributed by atoms with Crippen molar-refractivity contribution in [2.75, 3.05) is 19.7 Å². The summed E-state index contributed by atoms with van der Waals surface area (Å²) in [6.07, 6.45) is 7.89. The molecule has 2 aromatic rings. The number of rotatable bonds is 9. The van der Waals surface area contributed by atoms with Gasteiger partial charge in [-0.3, -0.25) is 4.79 Å². The molecule has 2 N–H and O–H groups in total. The first-order chi connectivity index (χ1) is 14.7. The van der Waals surface area contributed by atoms with Gasteiger partial charge in [-0.05, 0) is 98.7 Å². The van der Waals surface area contributed by atoms with Crippen LogP contribution in [0.25, 0.3) is 0 Å². The molecule has 2 aliphatic carbocycles. The Bertz CT molecular complexity index is 841. The minimum atomic E-state index is -0.627. The largest absolute Gasteiger partial charge is 0.494 e. The summed E-state index contributed by atoms with van der Waals surface area (Å²) in [5.41, 5.74) is 4.40. The minimum absolute atomic E-state index is 0.159. The van der Waals surface area contributed by atoms with E-state index in [1.807, 2.05) is 0 Å². The highest BCUT2D eigenvalue weighted by Gasteiger charge is 2.42. The van der Waals surface area contributed by atoms with Gasteiger partial charge >= 0.3 is 5.97 Å². The molecule has 0 saturated heterocycles. The van der Waals surface area contributed by atoms with Gasteiger partial charge in [0.25, 0.3) is 0 Å². The third-order valence-electron chi connectivity index (χ3n) is 7.02. The Labute approximate surface area is 179 Å². The van der Waals surface area contributed by atoms with Gasteiger partial charge in [-0.25, -0.2) is 0 Å². The molecule has 0 amide bonds. The summed E-state index contributed by atoms with van der Waals surface area (Å²) in [7, 11) is 0. The summed E-state index contributed by atoms with van der Waals surface area (Å²) >= 11 is 0. The first kappa shape index (κ1) is 20.9. The van der Waals surface area contributed by atoms with Crippen molar-refractivity contribution < 1.29 is 14.6 Å². The molecule has 160 valence electrons. The van der Waals surface area contributed by atoms with Gasteiger partial charge in [0.15, 0.2) is 0 Å². The van der Waals surface area contributed by atoms with E-state index in [1.165, 1.54) is 16.7 Å². The summed E-state index contributed by atoms with van der Waals surface area (Å²) in [5, 5.41) is 12.8. The standard InChI is InChI=1S/C26H33NO3/c28-25(29)22-10-14-26(15-11-22)13-9-21-7-8-23(19-24(21)26)30-18-4-16-27-17-12-20-5-2-1-3-6-20/h1-3,5-8,19,22,27H,4,9-18H2,(H,28,29). The van der Waals surface area contributed by atoms with Crippen LogP contribution in [0, 0.1) is 5.92 Å². The van der Waals surface area contributed by atoms with Crippen LogP contribution in [0.3, 0.4) is 0 Å². The molecule has 1 saturated carbocycles. The predicted octanol–water partition coefficient (Wildman–Crippen LogP) is 4.75. The second-order valence-corrected chi connectivity index (χ2v) is 8.90. The number of benzene rings is 2. The molecular weight excluding hydrogens is 374 g/mol. The number of fused-ring (bicyclic) bond motifs is 2. The van der Waals surface area contributed by atoms with Crippen molar-refractivity contribution in [3.8, 4) is 5.75 Å². The Balaban J connectivity index is 1.22. The molecule has 2 aliphatic rings. The minimum Gasteiger partial charge on any atom is -0.494 e. The number of aryl methyl sites for hydroxylation is 1. The van der Waals surface area contributed by atoms with Crippen LogP contribution in [0.2, 0.25) is 0 Å². The summed E-state index contributed by atoms with van der Waals surface area (Å²) in [5.74, 6) is 0.172. The first-order valence-corrected chi connectivity index (χ1v) is 11.4. The predicted molar refractivity (Wildman–Crippen MR) is 119 cm³/mol. The van der Waals surface area contributed by atoms with Crippen LogP contribution in [-0.2, 0) is 23.1 Å². The lowest BCUT2D eigenvalue weighted by Gasteiger charge is -2.37. The van der Waals surface area contributed by atoms with Gasteiger partial charge in [0.05, 0.1) is 12.5 Å². The molecule has 0 aliphatic heterocycles. The fourth-order valence-electron chi connectivity index (χ4n) is 5.19. The monoisotopic (exact) mass is 407 g/mol. The summed E-state index contributed by atoms with van der Waals surface area (Å²) in [4.78, 5) is 11.3. The molecule has 0 heterocycles. The number of carboxylic acid groups (broad SMARTS) is 1. The highest BCUT2D eigenvalue weighted by atomic mass is 16.5. The van der Waals surface area contributed by atoms with Gasteiger partial charge in [-0.1, -0.05) is 36.4 Å². The van der Waals surface area contributed by atoms with Crippen LogP contribution in [0.4, 0.5) is 0 Å². The molecular formula is C26H33NO3. The second-order valence-electron chi connectivity index (χ2n) is 8.90. The normalized spacial score (nSPS) is 22.7. The Morgan fingerprint density at radius 3 is 2.63 bits per heavy atom. The van der Waals surface area contributed by atoms with Crippen LogP contribution in [0.15, 0.2) is 48.5 Å². The summed E-state index contributed by atoms with van der Waals surface area (Å²) in [6, 6.07) is 17.1. The molecule has 0 radical (unpaired) electrons. The number of carboxylic acids is 1. The van der Waals surface area contributed by atoms with Crippen molar-refractivity contribution in [3.63, 3.8) is 0 Å². The van der Waals surface area contributed by atoms with Crippen molar-refractivity contribution >= 4 is 5.97 Å². The van der Waals surface area contributed by atoms with E-state index in [1.54, 1.807) is 0 Å². The van der Waals surface area contributed by atoms with Gasteiger partial charge in [0.1, 0.15) is 5.75 Å². The van der Waals surface area contributed by atoms with Crippen molar-refractivity contribution in [1.82, 2.24) is 5.32 Å². The first-order valence-electron chi connectivity index (χ1n) is 11.4. The third-order valence-corrected chi connectivity index (χ3v) is 7.02. The van der Waals surface area contributed by atoms with Gasteiger partial charge < -0.3 is 15.2 Å². The highest BCUT2D eigenvalue weighted by molar-refractivity contribution is 5.70. The lowest BCUT2D eigenvalue weighted by molar-refractivity contribution is -0.143. The molecule has 4 rings (SSSR count). The SMILES string of the molecule is O=C(O)C1CCC2(CCc3ccc(OCCCNCCc4ccccc4)cc32)CC1. The van der Waals surface area contributed by atoms with Crippen molar-refractivity contribution in [2.24, 2.45) is 5.92 Å². The van der Waals surface area contributed by atoms with Crippen LogP contribution in [0.5, 0.6) is 5.75 Å². The molecule has 4 heteroatoms. The molecule has 1 fully saturated rings. The van der Waals surface area contributed by atoms with Gasteiger partial charge in [0.2, 0.25) is 0 Å². The van der Waals surface area contributed by atoms with E-state index in [0.717, 1.165) is 70.2 Å². The molecule has 0 aromatic heterocycles. The van der Waals surface area contributed by atoms with E-state index < -0.39 is 5.97 Å². The third kappa shape index (κ3) is 4.86. The molecule has 0 bridgehead atoms. The summed E-state index contributed by atoms with van der Waals surface area (Å²) in [6.45, 7) is 2.66. The van der Waals surface area contributed by atoms with Gasteiger partial charge in [-0.2, -0.15) is 0 Å².